The van der Waals surface area contributed by atoms with Gasteiger partial charge in [-0.15, -0.1) is 0 Å². The maximum atomic E-state index is 12.2. The minimum Gasteiger partial charge on any atom is -0.469 e. The highest BCUT2D eigenvalue weighted by molar-refractivity contribution is 5.78. The Balaban J connectivity index is 1.40. The lowest BCUT2D eigenvalue weighted by Crippen LogP contribution is -2.41. The largest absolute Gasteiger partial charge is 0.469 e. The van der Waals surface area contributed by atoms with E-state index in [9.17, 15) is 9.59 Å². The van der Waals surface area contributed by atoms with E-state index in [0.29, 0.717) is 19.7 Å². The molecule has 1 saturated carbocycles. The van der Waals surface area contributed by atoms with Crippen molar-refractivity contribution in [3.63, 3.8) is 0 Å². The average Bonchev–Trinajstić information content (AvgIpc) is 3.29. The summed E-state index contributed by atoms with van der Waals surface area (Å²) in [7, 11) is 1.44. The molecule has 0 radical (unpaired) electrons. The summed E-state index contributed by atoms with van der Waals surface area (Å²) >= 11 is 0. The van der Waals surface area contributed by atoms with Crippen LogP contribution in [0.3, 0.4) is 0 Å². The summed E-state index contributed by atoms with van der Waals surface area (Å²) in [4.78, 5) is 25.7. The summed E-state index contributed by atoms with van der Waals surface area (Å²) in [5.41, 5.74) is 1.16. The van der Waals surface area contributed by atoms with E-state index in [1.54, 1.807) is 0 Å². The monoisotopic (exact) mass is 317 g/mol. The van der Waals surface area contributed by atoms with Gasteiger partial charge in [-0.25, -0.2) is 0 Å². The summed E-state index contributed by atoms with van der Waals surface area (Å²) in [5, 5.41) is 0. The van der Waals surface area contributed by atoms with E-state index in [1.165, 1.54) is 7.11 Å². The lowest BCUT2D eigenvalue weighted by atomic mass is 9.91. The van der Waals surface area contributed by atoms with Gasteiger partial charge in [0, 0.05) is 13.1 Å². The Morgan fingerprint density at radius 1 is 1.22 bits per heavy atom. The molecule has 1 aliphatic carbocycles. The minimum atomic E-state index is -0.101. The molecule has 5 heteroatoms. The van der Waals surface area contributed by atoms with Crippen LogP contribution in [-0.4, -0.2) is 43.6 Å². The van der Waals surface area contributed by atoms with Gasteiger partial charge in [-0.05, 0) is 30.2 Å². The first-order valence-electron chi connectivity index (χ1n) is 8.12. The van der Waals surface area contributed by atoms with Crippen LogP contribution in [0, 0.1) is 11.3 Å². The number of likely N-dealkylation sites (tertiary alicyclic amines) is 1. The number of nitrogens with zero attached hydrogens (tertiary/aromatic N) is 1. The summed E-state index contributed by atoms with van der Waals surface area (Å²) in [6.07, 6.45) is 2.68. The molecule has 0 aromatic heterocycles. The van der Waals surface area contributed by atoms with E-state index >= 15 is 0 Å². The fourth-order valence-electron chi connectivity index (χ4n) is 3.50. The van der Waals surface area contributed by atoms with Crippen molar-refractivity contribution in [2.75, 3.05) is 26.8 Å². The fourth-order valence-corrected chi connectivity index (χ4v) is 3.50. The Bertz CT molecular complexity index is 564. The van der Waals surface area contributed by atoms with Crippen LogP contribution in [0.2, 0.25) is 0 Å². The number of hydrogen-bond donors (Lipinski definition) is 0. The van der Waals surface area contributed by atoms with Gasteiger partial charge in [0.25, 0.3) is 0 Å². The first-order valence-corrected chi connectivity index (χ1v) is 8.12. The fraction of sp³-hybridized carbons (Fsp3) is 0.556. The lowest BCUT2D eigenvalue weighted by molar-refractivity contribution is -0.143. The topological polar surface area (TPSA) is 55.8 Å². The number of methoxy groups -OCH3 is 1. The van der Waals surface area contributed by atoms with Crippen LogP contribution < -0.4 is 0 Å². The van der Waals surface area contributed by atoms with Crippen molar-refractivity contribution in [1.82, 2.24) is 4.90 Å². The molecule has 0 bridgehead atoms. The van der Waals surface area contributed by atoms with Crippen LogP contribution in [0.5, 0.6) is 0 Å². The van der Waals surface area contributed by atoms with E-state index in [4.69, 9.17) is 9.47 Å². The van der Waals surface area contributed by atoms with Gasteiger partial charge in [0.05, 0.1) is 19.6 Å². The molecule has 2 fully saturated rings. The van der Waals surface area contributed by atoms with Crippen molar-refractivity contribution in [1.29, 1.82) is 0 Å². The van der Waals surface area contributed by atoms with E-state index in [0.717, 1.165) is 24.8 Å². The number of piperidine rings is 1. The predicted molar refractivity (Wildman–Crippen MR) is 84.5 cm³/mol. The van der Waals surface area contributed by atoms with Crippen LogP contribution in [0.4, 0.5) is 0 Å². The molecular formula is C18H23NO4. The highest BCUT2D eigenvalue weighted by Gasteiger charge is 2.59. The third-order valence-corrected chi connectivity index (χ3v) is 5.12. The Morgan fingerprint density at radius 3 is 2.57 bits per heavy atom. The summed E-state index contributed by atoms with van der Waals surface area (Å²) in [6, 6.07) is 9.83. The quantitative estimate of drug-likeness (QED) is 0.780. The van der Waals surface area contributed by atoms with E-state index in [1.807, 2.05) is 35.2 Å². The molecule has 5 nitrogen and oxygen atoms in total. The zero-order chi connectivity index (χ0) is 16.3. The molecule has 1 spiro atoms. The van der Waals surface area contributed by atoms with Crippen LogP contribution in [0.25, 0.3) is 0 Å². The van der Waals surface area contributed by atoms with Crippen molar-refractivity contribution < 1.29 is 19.1 Å². The zero-order valence-corrected chi connectivity index (χ0v) is 13.5. The first-order chi connectivity index (χ1) is 11.1. The second-order valence-electron chi connectivity index (χ2n) is 6.50. The summed E-state index contributed by atoms with van der Waals surface area (Å²) in [6.45, 7) is 1.99. The maximum absolute atomic E-state index is 12.2. The second kappa shape index (κ2) is 6.71. The van der Waals surface area contributed by atoms with Crippen molar-refractivity contribution in [2.45, 2.75) is 25.9 Å². The highest BCUT2D eigenvalue weighted by Crippen LogP contribution is 2.59. The number of benzene rings is 1. The third kappa shape index (κ3) is 3.55. The molecule has 1 heterocycles. The van der Waals surface area contributed by atoms with Crippen LogP contribution >= 0.6 is 0 Å². The molecule has 1 atom stereocenters. The summed E-state index contributed by atoms with van der Waals surface area (Å²) in [5.74, 6) is -0.0268. The molecule has 3 rings (SSSR count). The number of carbonyl (C=O) groups excluding carboxylic acids is 2. The normalized spacial score (nSPS) is 22.0. The standard InChI is InChI=1S/C18H23NO4/c1-22-17(21)15-11-18(15)7-9-19(10-8-18)16(20)13-23-12-14-5-3-2-4-6-14/h2-6,15H,7-13H2,1H3. The Hall–Kier alpha value is -1.88. The molecule has 1 aliphatic heterocycles. The van der Waals surface area contributed by atoms with Gasteiger partial charge in [-0.3, -0.25) is 9.59 Å². The maximum Gasteiger partial charge on any atom is 0.309 e. The van der Waals surface area contributed by atoms with Gasteiger partial charge in [0.1, 0.15) is 6.61 Å². The molecule has 1 saturated heterocycles. The molecule has 1 unspecified atom stereocenters. The van der Waals surface area contributed by atoms with Crippen LogP contribution in [0.1, 0.15) is 24.8 Å². The molecule has 23 heavy (non-hydrogen) atoms. The molecular weight excluding hydrogens is 294 g/mol. The van der Waals surface area contributed by atoms with Gasteiger partial charge in [-0.2, -0.15) is 0 Å². The minimum absolute atomic E-state index is 0.0334. The number of rotatable bonds is 5. The van der Waals surface area contributed by atoms with Gasteiger partial charge in [-0.1, -0.05) is 30.3 Å². The Morgan fingerprint density at radius 2 is 1.91 bits per heavy atom. The number of ether oxygens (including phenoxy) is 2. The molecule has 0 N–H and O–H groups in total. The number of amides is 1. The van der Waals surface area contributed by atoms with Crippen molar-refractivity contribution in [3.05, 3.63) is 35.9 Å². The molecule has 1 aromatic carbocycles. The van der Waals surface area contributed by atoms with Crippen LogP contribution in [-0.2, 0) is 25.7 Å². The summed E-state index contributed by atoms with van der Waals surface area (Å²) < 4.78 is 10.3. The average molecular weight is 317 g/mol. The molecule has 124 valence electrons. The Kier molecular flexibility index (Phi) is 4.66. The van der Waals surface area contributed by atoms with E-state index in [-0.39, 0.29) is 29.8 Å². The Labute approximate surface area is 136 Å². The molecule has 2 aliphatic rings. The van der Waals surface area contributed by atoms with Gasteiger partial charge < -0.3 is 14.4 Å². The number of hydrogen-bond acceptors (Lipinski definition) is 4. The second-order valence-corrected chi connectivity index (χ2v) is 6.50. The van der Waals surface area contributed by atoms with Crippen molar-refractivity contribution >= 4 is 11.9 Å². The predicted octanol–water partition coefficient (Wildman–Crippen LogP) is 2.00. The van der Waals surface area contributed by atoms with Crippen molar-refractivity contribution in [2.24, 2.45) is 11.3 Å². The SMILES string of the molecule is COC(=O)C1CC12CCN(C(=O)COCc1ccccc1)CC2. The zero-order valence-electron chi connectivity index (χ0n) is 13.5. The smallest absolute Gasteiger partial charge is 0.309 e. The molecule has 1 amide bonds. The van der Waals surface area contributed by atoms with E-state index in [2.05, 4.69) is 0 Å². The molecule has 1 aromatic rings. The van der Waals surface area contributed by atoms with Crippen LogP contribution in [0.15, 0.2) is 30.3 Å². The van der Waals surface area contributed by atoms with Gasteiger partial charge in [0.15, 0.2) is 0 Å². The third-order valence-electron chi connectivity index (χ3n) is 5.12. The van der Waals surface area contributed by atoms with E-state index < -0.39 is 0 Å². The van der Waals surface area contributed by atoms with Gasteiger partial charge >= 0.3 is 5.97 Å². The first kappa shape index (κ1) is 16.0. The number of esters is 1. The van der Waals surface area contributed by atoms with Crippen molar-refractivity contribution in [3.8, 4) is 0 Å². The van der Waals surface area contributed by atoms with Gasteiger partial charge in [0.2, 0.25) is 5.91 Å². The highest BCUT2D eigenvalue weighted by atomic mass is 16.5. The lowest BCUT2D eigenvalue weighted by Gasteiger charge is -2.32. The number of carbonyl (C=O) groups is 2.